The van der Waals surface area contributed by atoms with Crippen LogP contribution in [0.4, 0.5) is 0 Å². The molecule has 0 spiro atoms. The van der Waals surface area contributed by atoms with Gasteiger partial charge in [0.05, 0.1) is 5.04 Å². The van der Waals surface area contributed by atoms with E-state index in [2.05, 4.69) is 29.2 Å². The summed E-state index contributed by atoms with van der Waals surface area (Å²) >= 11 is 3.61. The Bertz CT molecular complexity index is 1280. The molecular weight excluding hydrogens is 583 g/mol. The summed E-state index contributed by atoms with van der Waals surface area (Å²) in [5, 5.41) is 10.5. The Morgan fingerprint density at radius 2 is 1.53 bits per heavy atom. The lowest BCUT2D eigenvalue weighted by molar-refractivity contribution is -0.164. The molecule has 0 bridgehead atoms. The Balaban J connectivity index is 1.65. The number of hydrogen-bond donors (Lipinski definition) is 1. The Kier molecular flexibility index (Phi) is 7.03. The lowest BCUT2D eigenvalue weighted by Gasteiger charge is -2.55. The first-order chi connectivity index (χ1) is 17.5. The van der Waals surface area contributed by atoms with E-state index in [-0.39, 0.29) is 11.8 Å². The SMILES string of the molecule is C=C(CI)C(C(=O)O)N1C(=O)C2(C(c3ccccc3)c3ccccc3)N=C(Cc3ccccc3)SC12. The molecule has 0 aliphatic carbocycles. The quantitative estimate of drug-likeness (QED) is 0.150. The monoisotopic (exact) mass is 608 g/mol. The summed E-state index contributed by atoms with van der Waals surface area (Å²) in [6.07, 6.45) is 0.589. The van der Waals surface area contributed by atoms with E-state index >= 15 is 0 Å². The molecule has 2 heterocycles. The van der Waals surface area contributed by atoms with E-state index in [1.54, 1.807) is 0 Å². The van der Waals surface area contributed by atoms with Crippen LogP contribution in [-0.2, 0) is 16.0 Å². The summed E-state index contributed by atoms with van der Waals surface area (Å²) in [7, 11) is 0. The van der Waals surface area contributed by atoms with E-state index in [0.29, 0.717) is 16.4 Å². The van der Waals surface area contributed by atoms with Gasteiger partial charge in [0.2, 0.25) is 0 Å². The molecule has 3 aromatic carbocycles. The number of carbonyl (C=O) groups excluding carboxylic acids is 1. The largest absolute Gasteiger partial charge is 0.479 e. The van der Waals surface area contributed by atoms with Gasteiger partial charge in [-0.1, -0.05) is 132 Å². The number of carbonyl (C=O) groups is 2. The first-order valence-corrected chi connectivity index (χ1v) is 14.1. The molecule has 3 aromatic rings. The molecule has 36 heavy (non-hydrogen) atoms. The van der Waals surface area contributed by atoms with Gasteiger partial charge in [-0.3, -0.25) is 9.79 Å². The van der Waals surface area contributed by atoms with Gasteiger partial charge in [0.15, 0.2) is 11.6 Å². The lowest BCUT2D eigenvalue weighted by Crippen LogP contribution is -2.75. The van der Waals surface area contributed by atoms with E-state index in [1.165, 1.54) is 16.7 Å². The molecule has 1 saturated heterocycles. The molecule has 5 rings (SSSR count). The number of nitrogens with zero attached hydrogens (tertiary/aromatic N) is 2. The van der Waals surface area contributed by atoms with Gasteiger partial charge in [-0.2, -0.15) is 0 Å². The van der Waals surface area contributed by atoms with Crippen molar-refractivity contribution in [2.24, 2.45) is 4.99 Å². The van der Waals surface area contributed by atoms with Crippen molar-refractivity contribution < 1.29 is 14.7 Å². The van der Waals surface area contributed by atoms with Crippen LogP contribution in [0.25, 0.3) is 0 Å². The van der Waals surface area contributed by atoms with Crippen molar-refractivity contribution in [3.63, 3.8) is 0 Å². The Morgan fingerprint density at radius 3 is 2.03 bits per heavy atom. The molecule has 2 aliphatic heterocycles. The highest BCUT2D eigenvalue weighted by Gasteiger charge is 2.71. The Hall–Kier alpha value is -2.91. The number of likely N-dealkylation sites (tertiary alicyclic amines) is 1. The van der Waals surface area contributed by atoms with E-state index in [1.807, 2.05) is 91.0 Å². The minimum absolute atomic E-state index is 0.265. The van der Waals surface area contributed by atoms with Crippen molar-refractivity contribution in [3.8, 4) is 0 Å². The Labute approximate surface area is 228 Å². The zero-order chi connectivity index (χ0) is 25.3. The summed E-state index contributed by atoms with van der Waals surface area (Å²) in [6.45, 7) is 3.99. The van der Waals surface area contributed by atoms with Gasteiger partial charge in [0, 0.05) is 16.8 Å². The number of benzene rings is 3. The number of fused-ring (bicyclic) bond motifs is 1. The maximum Gasteiger partial charge on any atom is 0.330 e. The highest BCUT2D eigenvalue weighted by atomic mass is 127. The number of halogens is 1. The van der Waals surface area contributed by atoms with Crippen molar-refractivity contribution in [2.75, 3.05) is 4.43 Å². The van der Waals surface area contributed by atoms with Crippen molar-refractivity contribution >= 4 is 51.3 Å². The number of carboxylic acid groups (broad SMARTS) is 1. The summed E-state index contributed by atoms with van der Waals surface area (Å²) in [4.78, 5) is 33.2. The zero-order valence-electron chi connectivity index (χ0n) is 19.5. The van der Waals surface area contributed by atoms with Crippen molar-refractivity contribution in [2.45, 2.75) is 29.3 Å². The number of rotatable bonds is 9. The van der Waals surface area contributed by atoms with Gasteiger partial charge in [-0.25, -0.2) is 4.79 Å². The van der Waals surface area contributed by atoms with E-state index in [0.717, 1.165) is 21.7 Å². The number of aliphatic imine (C=N–C) groups is 1. The molecule has 3 atom stereocenters. The van der Waals surface area contributed by atoms with Crippen molar-refractivity contribution in [1.82, 2.24) is 4.90 Å². The fourth-order valence-corrected chi connectivity index (χ4v) is 7.09. The van der Waals surface area contributed by atoms with Crippen molar-refractivity contribution in [1.29, 1.82) is 0 Å². The smallest absolute Gasteiger partial charge is 0.330 e. The second kappa shape index (κ2) is 10.2. The molecular formula is C29H25IN2O3S. The molecule has 1 fully saturated rings. The molecule has 182 valence electrons. The maximum atomic E-state index is 14.2. The summed E-state index contributed by atoms with van der Waals surface area (Å²) < 4.78 is 0.446. The number of β-lactam (4-membered cyclic amide) rings is 1. The topological polar surface area (TPSA) is 70.0 Å². The first-order valence-electron chi connectivity index (χ1n) is 11.7. The number of thioether (sulfide) groups is 1. The number of amides is 1. The van der Waals surface area contributed by atoms with E-state index in [9.17, 15) is 14.7 Å². The van der Waals surface area contributed by atoms with Crippen LogP contribution in [0.5, 0.6) is 0 Å². The summed E-state index contributed by atoms with van der Waals surface area (Å²) in [6, 6.07) is 28.8. The van der Waals surface area contributed by atoms with Crippen LogP contribution >= 0.6 is 34.4 Å². The third-order valence-corrected chi connectivity index (χ3v) is 9.04. The second-order valence-electron chi connectivity index (χ2n) is 8.96. The highest BCUT2D eigenvalue weighted by Crippen LogP contribution is 2.57. The van der Waals surface area contributed by atoms with Gasteiger partial charge in [-0.05, 0) is 22.3 Å². The molecule has 2 aliphatic rings. The molecule has 1 amide bonds. The van der Waals surface area contributed by atoms with Gasteiger partial charge in [-0.15, -0.1) is 0 Å². The van der Waals surface area contributed by atoms with Crippen LogP contribution in [-0.4, -0.2) is 48.3 Å². The molecule has 1 N–H and O–H groups in total. The van der Waals surface area contributed by atoms with Crippen LogP contribution in [0.15, 0.2) is 108 Å². The van der Waals surface area contributed by atoms with Crippen LogP contribution in [0.3, 0.4) is 0 Å². The first kappa shape index (κ1) is 24.8. The van der Waals surface area contributed by atoms with Gasteiger partial charge >= 0.3 is 5.97 Å². The van der Waals surface area contributed by atoms with E-state index < -0.39 is 22.9 Å². The average molecular weight is 609 g/mol. The minimum Gasteiger partial charge on any atom is -0.479 e. The molecule has 5 nitrogen and oxygen atoms in total. The molecule has 7 heteroatoms. The van der Waals surface area contributed by atoms with E-state index in [4.69, 9.17) is 4.99 Å². The number of aliphatic carboxylic acids is 1. The highest BCUT2D eigenvalue weighted by molar-refractivity contribution is 14.1. The number of carboxylic acids is 1. The average Bonchev–Trinajstić information content (AvgIpc) is 3.23. The standard InChI is InChI=1S/C29H25IN2O3S/c1-19(18-30)25(26(33)34)32-27(35)29(28(32)36-23(31-29)17-20-11-5-2-6-12-20)24(21-13-7-3-8-14-21)22-15-9-4-10-16-22/h2-16,24-25,28H,1,17-18H2,(H,33,34). The number of alkyl halides is 1. The van der Waals surface area contributed by atoms with Crippen molar-refractivity contribution in [3.05, 3.63) is 120 Å². The molecule has 0 radical (unpaired) electrons. The number of hydrogen-bond acceptors (Lipinski definition) is 4. The normalized spacial score (nSPS) is 21.5. The Morgan fingerprint density at radius 1 is 1.00 bits per heavy atom. The van der Waals surface area contributed by atoms with Gasteiger partial charge in [0.1, 0.15) is 5.37 Å². The molecule has 0 aromatic heterocycles. The minimum atomic E-state index is -1.13. The van der Waals surface area contributed by atoms with Crippen LogP contribution in [0, 0.1) is 0 Å². The third-order valence-electron chi connectivity index (χ3n) is 6.74. The van der Waals surface area contributed by atoms with Crippen LogP contribution in [0.1, 0.15) is 22.6 Å². The van der Waals surface area contributed by atoms with Gasteiger partial charge < -0.3 is 10.0 Å². The van der Waals surface area contributed by atoms with Crippen LogP contribution < -0.4 is 0 Å². The fourth-order valence-electron chi connectivity index (χ4n) is 5.17. The summed E-state index contributed by atoms with van der Waals surface area (Å²) in [5.41, 5.74) is 2.43. The predicted molar refractivity (Wildman–Crippen MR) is 153 cm³/mol. The maximum absolute atomic E-state index is 14.2. The third kappa shape index (κ3) is 4.18. The zero-order valence-corrected chi connectivity index (χ0v) is 22.4. The van der Waals surface area contributed by atoms with Gasteiger partial charge in [0.25, 0.3) is 5.91 Å². The molecule has 3 unspecified atom stereocenters. The lowest BCUT2D eigenvalue weighted by atomic mass is 9.69. The summed E-state index contributed by atoms with van der Waals surface area (Å²) in [5.74, 6) is -1.68. The second-order valence-corrected chi connectivity index (χ2v) is 10.9. The van der Waals surface area contributed by atoms with Crippen LogP contribution in [0.2, 0.25) is 0 Å². The molecule has 0 saturated carbocycles. The predicted octanol–water partition coefficient (Wildman–Crippen LogP) is 5.56. The fraction of sp³-hybridized carbons (Fsp3) is 0.207.